The van der Waals surface area contributed by atoms with E-state index in [1.54, 1.807) is 0 Å². The van der Waals surface area contributed by atoms with E-state index in [-0.39, 0.29) is 17.9 Å². The van der Waals surface area contributed by atoms with Crippen LogP contribution >= 0.6 is 0 Å². The van der Waals surface area contributed by atoms with Gasteiger partial charge in [0.05, 0.1) is 24.3 Å². The lowest BCUT2D eigenvalue weighted by molar-refractivity contribution is -0.145. The van der Waals surface area contributed by atoms with E-state index in [2.05, 4.69) is 10.1 Å². The number of carbonyl (C=O) groups excluding carboxylic acids is 1. The van der Waals surface area contributed by atoms with Crippen LogP contribution in [0.2, 0.25) is 0 Å². The molecule has 2 aliphatic heterocycles. The number of hydrogen-bond acceptors (Lipinski definition) is 5. The van der Waals surface area contributed by atoms with Crippen molar-refractivity contribution < 1.29 is 14.1 Å². The molecule has 6 nitrogen and oxygen atoms in total. The summed E-state index contributed by atoms with van der Waals surface area (Å²) >= 11 is 0. The minimum Gasteiger partial charge on any atom is -0.378 e. The van der Waals surface area contributed by atoms with Crippen LogP contribution in [-0.2, 0) is 16.1 Å². The Bertz CT molecular complexity index is 508. The average molecular weight is 307 g/mol. The third kappa shape index (κ3) is 3.50. The van der Waals surface area contributed by atoms with Gasteiger partial charge < -0.3 is 14.2 Å². The van der Waals surface area contributed by atoms with E-state index in [0.29, 0.717) is 0 Å². The SMILES string of the molecule is Cc1cc(CN2CCN(C(=O)[C@@H]3CCCO[C@@H]3C)CC2)on1. The normalized spacial score (nSPS) is 27.1. The molecule has 2 saturated heterocycles. The van der Waals surface area contributed by atoms with Crippen LogP contribution in [0.15, 0.2) is 10.6 Å². The molecule has 1 amide bonds. The summed E-state index contributed by atoms with van der Waals surface area (Å²) in [5.41, 5.74) is 0.912. The highest BCUT2D eigenvalue weighted by atomic mass is 16.5. The number of nitrogens with zero attached hydrogens (tertiary/aromatic N) is 3. The van der Waals surface area contributed by atoms with Crippen LogP contribution in [0.1, 0.15) is 31.2 Å². The summed E-state index contributed by atoms with van der Waals surface area (Å²) < 4.78 is 10.9. The molecule has 0 aromatic carbocycles. The number of piperazine rings is 1. The van der Waals surface area contributed by atoms with Gasteiger partial charge in [-0.3, -0.25) is 9.69 Å². The Hall–Kier alpha value is -1.40. The summed E-state index contributed by atoms with van der Waals surface area (Å²) in [7, 11) is 0. The van der Waals surface area contributed by atoms with Crippen molar-refractivity contribution in [3.8, 4) is 0 Å². The first kappa shape index (κ1) is 15.5. The Labute approximate surface area is 131 Å². The van der Waals surface area contributed by atoms with Gasteiger partial charge in [0.15, 0.2) is 5.76 Å². The van der Waals surface area contributed by atoms with E-state index in [1.165, 1.54) is 0 Å². The van der Waals surface area contributed by atoms with Gasteiger partial charge in [0.1, 0.15) is 0 Å². The van der Waals surface area contributed by atoms with Crippen LogP contribution in [0.25, 0.3) is 0 Å². The molecule has 6 heteroatoms. The molecule has 0 unspecified atom stereocenters. The van der Waals surface area contributed by atoms with Crippen molar-refractivity contribution >= 4 is 5.91 Å². The molecular weight excluding hydrogens is 282 g/mol. The van der Waals surface area contributed by atoms with Gasteiger partial charge in [0, 0.05) is 38.9 Å². The van der Waals surface area contributed by atoms with Crippen molar-refractivity contribution in [2.45, 2.75) is 39.3 Å². The lowest BCUT2D eigenvalue weighted by Crippen LogP contribution is -2.52. The second-order valence-electron chi connectivity index (χ2n) is 6.36. The van der Waals surface area contributed by atoms with Crippen LogP contribution in [0.5, 0.6) is 0 Å². The summed E-state index contributed by atoms with van der Waals surface area (Å²) in [5.74, 6) is 1.20. The summed E-state index contributed by atoms with van der Waals surface area (Å²) in [6.07, 6.45) is 2.00. The first-order chi connectivity index (χ1) is 10.6. The molecule has 0 spiro atoms. The number of amides is 1. The van der Waals surface area contributed by atoms with Gasteiger partial charge in [-0.15, -0.1) is 0 Å². The number of aryl methyl sites for hydroxylation is 1. The molecule has 3 heterocycles. The third-order valence-corrected chi connectivity index (χ3v) is 4.66. The van der Waals surface area contributed by atoms with Crippen LogP contribution in [0, 0.1) is 12.8 Å². The van der Waals surface area contributed by atoms with Gasteiger partial charge in [0.2, 0.25) is 5.91 Å². The fourth-order valence-electron chi connectivity index (χ4n) is 3.32. The molecule has 0 bridgehead atoms. The highest BCUT2D eigenvalue weighted by molar-refractivity contribution is 5.79. The predicted molar refractivity (Wildman–Crippen MR) is 81.2 cm³/mol. The minimum atomic E-state index is 0.0391. The molecule has 0 N–H and O–H groups in total. The maximum atomic E-state index is 12.6. The minimum absolute atomic E-state index is 0.0391. The first-order valence-electron chi connectivity index (χ1n) is 8.18. The van der Waals surface area contributed by atoms with E-state index in [4.69, 9.17) is 9.26 Å². The van der Waals surface area contributed by atoms with Gasteiger partial charge in [-0.2, -0.15) is 0 Å². The summed E-state index contributed by atoms with van der Waals surface area (Å²) in [4.78, 5) is 16.9. The van der Waals surface area contributed by atoms with Crippen LogP contribution in [-0.4, -0.2) is 59.8 Å². The quantitative estimate of drug-likeness (QED) is 0.846. The van der Waals surface area contributed by atoms with Crippen molar-refractivity contribution in [3.05, 3.63) is 17.5 Å². The third-order valence-electron chi connectivity index (χ3n) is 4.66. The molecule has 0 aliphatic carbocycles. The maximum Gasteiger partial charge on any atom is 0.228 e. The van der Waals surface area contributed by atoms with Gasteiger partial charge in [-0.05, 0) is 26.7 Å². The topological polar surface area (TPSA) is 58.8 Å². The van der Waals surface area contributed by atoms with Crippen LogP contribution in [0.3, 0.4) is 0 Å². The van der Waals surface area contributed by atoms with Crippen molar-refractivity contribution in [1.29, 1.82) is 0 Å². The van der Waals surface area contributed by atoms with Crippen molar-refractivity contribution in [1.82, 2.24) is 15.0 Å². The van der Waals surface area contributed by atoms with Gasteiger partial charge in [-0.1, -0.05) is 5.16 Å². The highest BCUT2D eigenvalue weighted by Crippen LogP contribution is 2.23. The molecule has 2 atom stereocenters. The van der Waals surface area contributed by atoms with Gasteiger partial charge >= 0.3 is 0 Å². The zero-order valence-electron chi connectivity index (χ0n) is 13.5. The number of ether oxygens (including phenoxy) is 1. The van der Waals surface area contributed by atoms with E-state index in [0.717, 1.165) is 63.6 Å². The average Bonchev–Trinajstić information content (AvgIpc) is 2.93. The van der Waals surface area contributed by atoms with E-state index in [9.17, 15) is 4.79 Å². The fourth-order valence-corrected chi connectivity index (χ4v) is 3.32. The molecule has 3 rings (SSSR count). The predicted octanol–water partition coefficient (Wildman–Crippen LogP) is 1.44. The van der Waals surface area contributed by atoms with Crippen molar-refractivity contribution in [3.63, 3.8) is 0 Å². The lowest BCUT2D eigenvalue weighted by Gasteiger charge is -2.38. The molecule has 1 aromatic rings. The maximum absolute atomic E-state index is 12.6. The monoisotopic (exact) mass is 307 g/mol. The first-order valence-corrected chi connectivity index (χ1v) is 8.18. The summed E-state index contributed by atoms with van der Waals surface area (Å²) in [6.45, 7) is 8.84. The molecule has 0 radical (unpaired) electrons. The Kier molecular flexibility index (Phi) is 4.78. The summed E-state index contributed by atoms with van der Waals surface area (Å²) in [5, 5.41) is 3.91. The Morgan fingerprint density at radius 1 is 1.36 bits per heavy atom. The van der Waals surface area contributed by atoms with E-state index < -0.39 is 0 Å². The Morgan fingerprint density at radius 3 is 2.77 bits per heavy atom. The largest absolute Gasteiger partial charge is 0.378 e. The van der Waals surface area contributed by atoms with Gasteiger partial charge in [0.25, 0.3) is 0 Å². The number of carbonyl (C=O) groups is 1. The molecule has 1 aromatic heterocycles. The van der Waals surface area contributed by atoms with E-state index >= 15 is 0 Å². The molecule has 22 heavy (non-hydrogen) atoms. The number of hydrogen-bond donors (Lipinski definition) is 0. The lowest BCUT2D eigenvalue weighted by atomic mass is 9.93. The molecule has 122 valence electrons. The number of rotatable bonds is 3. The van der Waals surface area contributed by atoms with Gasteiger partial charge in [-0.25, -0.2) is 0 Å². The zero-order valence-corrected chi connectivity index (χ0v) is 13.5. The van der Waals surface area contributed by atoms with Crippen molar-refractivity contribution in [2.24, 2.45) is 5.92 Å². The van der Waals surface area contributed by atoms with E-state index in [1.807, 2.05) is 24.8 Å². The standard InChI is InChI=1S/C16H25N3O3/c1-12-10-14(22-17-12)11-18-5-7-19(8-6-18)16(20)15-4-3-9-21-13(15)2/h10,13,15H,3-9,11H2,1-2H3/t13-,15-/m1/s1. The molecule has 2 fully saturated rings. The summed E-state index contributed by atoms with van der Waals surface area (Å²) in [6, 6.07) is 1.97. The zero-order chi connectivity index (χ0) is 15.5. The smallest absolute Gasteiger partial charge is 0.228 e. The van der Waals surface area contributed by atoms with Crippen LogP contribution in [0.4, 0.5) is 0 Å². The molecular formula is C16H25N3O3. The second-order valence-corrected chi connectivity index (χ2v) is 6.36. The fraction of sp³-hybridized carbons (Fsp3) is 0.750. The Morgan fingerprint density at radius 2 is 2.14 bits per heavy atom. The number of aromatic nitrogens is 1. The van der Waals surface area contributed by atoms with Crippen molar-refractivity contribution in [2.75, 3.05) is 32.8 Å². The highest BCUT2D eigenvalue weighted by Gasteiger charge is 2.33. The molecule has 2 aliphatic rings. The Balaban J connectivity index is 1.49. The van der Waals surface area contributed by atoms with Crippen LogP contribution < -0.4 is 0 Å². The second kappa shape index (κ2) is 6.79. The molecule has 0 saturated carbocycles.